The normalized spacial score (nSPS) is 14.1. The van der Waals surface area contributed by atoms with Crippen LogP contribution < -0.4 is 0 Å². The molecule has 1 aliphatic heterocycles. The molecule has 8 heteroatoms. The molecule has 1 saturated heterocycles. The largest absolute Gasteiger partial charge is 0.292 e. The second-order valence-electron chi connectivity index (χ2n) is 7.17. The Morgan fingerprint density at radius 3 is 2.13 bits per heavy atom. The molecular weight excluding hydrogens is 427 g/mol. The van der Waals surface area contributed by atoms with Crippen molar-refractivity contribution in [1.82, 2.24) is 10.0 Å². The standard InChI is InChI=1S/C22H20Cl2N2O4/c1-13-6-7-15(10-14(13)2)19(27)12-25(26-20(28)4-3-5-21(26)29)22(30)16-8-9-17(23)18(24)11-16/h6-11H,3-5,12H2,1-2H3. The van der Waals surface area contributed by atoms with Crippen LogP contribution in [0.2, 0.25) is 10.0 Å². The maximum atomic E-state index is 13.2. The highest BCUT2D eigenvalue weighted by Crippen LogP contribution is 2.25. The summed E-state index contributed by atoms with van der Waals surface area (Å²) in [6.45, 7) is 3.34. The molecule has 0 aliphatic carbocycles. The first kappa shape index (κ1) is 22.0. The summed E-state index contributed by atoms with van der Waals surface area (Å²) >= 11 is 11.9. The number of imide groups is 1. The summed E-state index contributed by atoms with van der Waals surface area (Å²) in [5.74, 6) is -2.12. The Kier molecular flexibility index (Phi) is 6.58. The maximum Gasteiger partial charge on any atom is 0.273 e. The smallest absolute Gasteiger partial charge is 0.273 e. The molecule has 0 unspecified atom stereocenters. The van der Waals surface area contributed by atoms with Crippen molar-refractivity contribution in [2.75, 3.05) is 6.54 Å². The molecule has 2 aromatic rings. The van der Waals surface area contributed by atoms with Gasteiger partial charge >= 0.3 is 0 Å². The summed E-state index contributed by atoms with van der Waals surface area (Å²) in [4.78, 5) is 51.1. The number of Topliss-reactive ketones (excluding diaryl/α,β-unsaturated/α-hetero) is 1. The number of hydrogen-bond donors (Lipinski definition) is 0. The number of piperidine rings is 1. The van der Waals surface area contributed by atoms with Crippen LogP contribution in [0.1, 0.15) is 51.1 Å². The van der Waals surface area contributed by atoms with E-state index in [1.165, 1.54) is 18.2 Å². The Labute approximate surface area is 184 Å². The zero-order valence-electron chi connectivity index (χ0n) is 16.6. The minimum absolute atomic E-state index is 0.114. The average Bonchev–Trinajstić information content (AvgIpc) is 2.70. The van der Waals surface area contributed by atoms with E-state index in [4.69, 9.17) is 23.2 Å². The van der Waals surface area contributed by atoms with Gasteiger partial charge in [0.15, 0.2) is 5.78 Å². The zero-order chi connectivity index (χ0) is 22.0. The van der Waals surface area contributed by atoms with E-state index in [2.05, 4.69) is 0 Å². The zero-order valence-corrected chi connectivity index (χ0v) is 18.1. The molecular formula is C22H20Cl2N2O4. The van der Waals surface area contributed by atoms with Crippen LogP contribution in [0.25, 0.3) is 0 Å². The van der Waals surface area contributed by atoms with E-state index in [0.29, 0.717) is 12.0 Å². The van der Waals surface area contributed by atoms with E-state index in [0.717, 1.165) is 21.1 Å². The van der Waals surface area contributed by atoms with Gasteiger partial charge in [0.05, 0.1) is 10.0 Å². The highest BCUT2D eigenvalue weighted by molar-refractivity contribution is 6.42. The van der Waals surface area contributed by atoms with E-state index in [1.807, 2.05) is 19.9 Å². The van der Waals surface area contributed by atoms with Gasteiger partial charge in [0.25, 0.3) is 5.91 Å². The lowest BCUT2D eigenvalue weighted by atomic mass is 10.0. The van der Waals surface area contributed by atoms with Crippen molar-refractivity contribution < 1.29 is 19.2 Å². The highest BCUT2D eigenvalue weighted by atomic mass is 35.5. The van der Waals surface area contributed by atoms with E-state index in [1.54, 1.807) is 12.1 Å². The number of carbonyl (C=O) groups is 4. The molecule has 30 heavy (non-hydrogen) atoms. The number of rotatable bonds is 5. The van der Waals surface area contributed by atoms with Crippen LogP contribution in [-0.2, 0) is 9.59 Å². The number of halogens is 2. The molecule has 3 rings (SSSR count). The number of carbonyl (C=O) groups excluding carboxylic acids is 4. The summed E-state index contributed by atoms with van der Waals surface area (Å²) in [5.41, 5.74) is 2.45. The Balaban J connectivity index is 1.98. The molecule has 1 heterocycles. The summed E-state index contributed by atoms with van der Waals surface area (Å²) < 4.78 is 0. The molecule has 0 saturated carbocycles. The monoisotopic (exact) mass is 446 g/mol. The Bertz CT molecular complexity index is 1040. The predicted molar refractivity (Wildman–Crippen MR) is 113 cm³/mol. The lowest BCUT2D eigenvalue weighted by Gasteiger charge is -2.35. The molecule has 0 radical (unpaired) electrons. The lowest BCUT2D eigenvalue weighted by Crippen LogP contribution is -2.56. The van der Waals surface area contributed by atoms with E-state index in [-0.39, 0.29) is 28.5 Å². The van der Waals surface area contributed by atoms with Crippen LogP contribution in [-0.4, -0.2) is 40.1 Å². The second-order valence-corrected chi connectivity index (χ2v) is 7.98. The van der Waals surface area contributed by atoms with Crippen molar-refractivity contribution >= 4 is 46.7 Å². The molecule has 6 nitrogen and oxygen atoms in total. The maximum absolute atomic E-state index is 13.2. The molecule has 0 spiro atoms. The van der Waals surface area contributed by atoms with Crippen molar-refractivity contribution in [1.29, 1.82) is 0 Å². The minimum atomic E-state index is -0.686. The lowest BCUT2D eigenvalue weighted by molar-refractivity contribution is -0.162. The molecule has 0 aromatic heterocycles. The fourth-order valence-corrected chi connectivity index (χ4v) is 3.46. The number of aryl methyl sites for hydroxylation is 2. The van der Waals surface area contributed by atoms with E-state index in [9.17, 15) is 19.2 Å². The Morgan fingerprint density at radius 2 is 1.53 bits per heavy atom. The fraction of sp³-hybridized carbons (Fsp3) is 0.273. The molecule has 0 bridgehead atoms. The van der Waals surface area contributed by atoms with Gasteiger partial charge in [0, 0.05) is 24.0 Å². The van der Waals surface area contributed by atoms with Crippen LogP contribution in [0.5, 0.6) is 0 Å². The quantitative estimate of drug-likeness (QED) is 0.504. The first-order chi connectivity index (χ1) is 14.2. The second kappa shape index (κ2) is 8.98. The summed E-state index contributed by atoms with van der Waals surface area (Å²) in [6, 6.07) is 9.42. The van der Waals surface area contributed by atoms with Gasteiger partial charge < -0.3 is 0 Å². The number of amides is 3. The van der Waals surface area contributed by atoms with Crippen molar-refractivity contribution in [3.05, 3.63) is 68.7 Å². The molecule has 2 aromatic carbocycles. The SMILES string of the molecule is Cc1ccc(C(=O)CN(C(=O)c2ccc(Cl)c(Cl)c2)N2C(=O)CCCC2=O)cc1C. The molecule has 0 atom stereocenters. The first-order valence-corrected chi connectivity index (χ1v) is 10.2. The summed E-state index contributed by atoms with van der Waals surface area (Å²) in [5, 5.41) is 2.10. The third-order valence-corrected chi connectivity index (χ3v) is 5.76. The molecule has 1 aliphatic rings. The predicted octanol–water partition coefficient (Wildman–Crippen LogP) is 4.39. The number of ketones is 1. The summed E-state index contributed by atoms with van der Waals surface area (Å²) in [7, 11) is 0. The third kappa shape index (κ3) is 4.55. The van der Waals surface area contributed by atoms with Gasteiger partial charge in [-0.2, -0.15) is 5.01 Å². The van der Waals surface area contributed by atoms with Crippen molar-refractivity contribution in [2.24, 2.45) is 0 Å². The average molecular weight is 447 g/mol. The number of nitrogens with zero attached hydrogens (tertiary/aromatic N) is 2. The first-order valence-electron chi connectivity index (χ1n) is 9.42. The van der Waals surface area contributed by atoms with Gasteiger partial charge in [-0.05, 0) is 55.7 Å². The molecule has 0 N–H and O–H groups in total. The third-order valence-electron chi connectivity index (χ3n) is 5.02. The van der Waals surface area contributed by atoms with Crippen LogP contribution in [0.3, 0.4) is 0 Å². The van der Waals surface area contributed by atoms with Crippen LogP contribution in [0, 0.1) is 13.8 Å². The van der Waals surface area contributed by atoms with E-state index >= 15 is 0 Å². The number of benzene rings is 2. The minimum Gasteiger partial charge on any atom is -0.292 e. The van der Waals surface area contributed by atoms with Gasteiger partial charge in [-0.3, -0.25) is 19.2 Å². The van der Waals surface area contributed by atoms with Gasteiger partial charge in [-0.1, -0.05) is 35.3 Å². The fourth-order valence-electron chi connectivity index (χ4n) is 3.16. The van der Waals surface area contributed by atoms with Gasteiger partial charge in [0.2, 0.25) is 11.8 Å². The summed E-state index contributed by atoms with van der Waals surface area (Å²) in [6.07, 6.45) is 0.650. The molecule has 156 valence electrons. The molecule has 3 amide bonds. The van der Waals surface area contributed by atoms with Gasteiger partial charge in [0.1, 0.15) is 6.54 Å². The van der Waals surface area contributed by atoms with Crippen LogP contribution >= 0.6 is 23.2 Å². The van der Waals surface area contributed by atoms with Crippen LogP contribution in [0.15, 0.2) is 36.4 Å². The number of hydrogen-bond acceptors (Lipinski definition) is 4. The van der Waals surface area contributed by atoms with E-state index < -0.39 is 30.0 Å². The molecule has 1 fully saturated rings. The van der Waals surface area contributed by atoms with Crippen LogP contribution in [0.4, 0.5) is 0 Å². The van der Waals surface area contributed by atoms with Crippen molar-refractivity contribution in [2.45, 2.75) is 33.1 Å². The van der Waals surface area contributed by atoms with Gasteiger partial charge in [-0.25, -0.2) is 5.01 Å². The highest BCUT2D eigenvalue weighted by Gasteiger charge is 2.36. The number of hydrazine groups is 1. The van der Waals surface area contributed by atoms with Gasteiger partial charge in [-0.15, -0.1) is 0 Å². The Morgan fingerprint density at radius 1 is 0.900 bits per heavy atom. The van der Waals surface area contributed by atoms with Crippen molar-refractivity contribution in [3.63, 3.8) is 0 Å². The Hall–Kier alpha value is -2.70. The topological polar surface area (TPSA) is 74.8 Å². The van der Waals surface area contributed by atoms with Crippen molar-refractivity contribution in [3.8, 4) is 0 Å².